The molecule has 3 rings (SSSR count). The van der Waals surface area contributed by atoms with E-state index in [1.165, 1.54) is 24.5 Å². The van der Waals surface area contributed by atoms with Gasteiger partial charge < -0.3 is 15.1 Å². The van der Waals surface area contributed by atoms with Gasteiger partial charge in [0.05, 0.1) is 29.5 Å². The summed E-state index contributed by atoms with van der Waals surface area (Å²) >= 11 is 0. The fourth-order valence-electron chi connectivity index (χ4n) is 2.68. The molecule has 0 aliphatic carbocycles. The largest absolute Gasteiger partial charge is 0.395 e. The number of nitrogens with zero attached hydrogens (tertiary/aromatic N) is 5. The number of aliphatic hydroxyl groups excluding tert-OH is 2. The molecule has 0 aliphatic rings. The van der Waals surface area contributed by atoms with Crippen molar-refractivity contribution in [1.82, 2.24) is 9.97 Å². The zero-order chi connectivity index (χ0) is 22.1. The molecule has 2 aromatic carbocycles. The van der Waals surface area contributed by atoms with E-state index in [4.69, 9.17) is 10.2 Å². The van der Waals surface area contributed by atoms with E-state index in [9.17, 15) is 8.42 Å². The van der Waals surface area contributed by atoms with Crippen molar-refractivity contribution >= 4 is 33.0 Å². The third-order valence-electron chi connectivity index (χ3n) is 4.17. The molecule has 0 amide bonds. The summed E-state index contributed by atoms with van der Waals surface area (Å²) < 4.78 is 27.1. The summed E-state index contributed by atoms with van der Waals surface area (Å²) in [6.45, 7) is 0.812. The first-order chi connectivity index (χ1) is 15.0. The van der Waals surface area contributed by atoms with Crippen LogP contribution in [-0.2, 0) is 10.0 Å². The van der Waals surface area contributed by atoms with Crippen LogP contribution in [0.3, 0.4) is 0 Å². The van der Waals surface area contributed by atoms with Gasteiger partial charge in [-0.2, -0.15) is 10.2 Å². The van der Waals surface area contributed by atoms with E-state index in [0.717, 1.165) is 5.69 Å². The average molecular weight is 443 g/mol. The Kier molecular flexibility index (Phi) is 7.60. The summed E-state index contributed by atoms with van der Waals surface area (Å²) in [5, 5.41) is 26.5. The van der Waals surface area contributed by atoms with Crippen molar-refractivity contribution < 1.29 is 18.6 Å². The Morgan fingerprint density at radius 3 is 1.87 bits per heavy atom. The van der Waals surface area contributed by atoms with E-state index in [0.29, 0.717) is 24.5 Å². The van der Waals surface area contributed by atoms with Gasteiger partial charge in [-0.1, -0.05) is 0 Å². The number of aliphatic hydroxyl groups is 2. The highest BCUT2D eigenvalue weighted by atomic mass is 32.2. The van der Waals surface area contributed by atoms with Crippen LogP contribution in [0, 0.1) is 0 Å². The topological polar surface area (TPSA) is 140 Å². The minimum atomic E-state index is -3.81. The van der Waals surface area contributed by atoms with Crippen LogP contribution in [-0.4, -0.2) is 54.9 Å². The van der Waals surface area contributed by atoms with Gasteiger partial charge in [0.25, 0.3) is 10.0 Å². The summed E-state index contributed by atoms with van der Waals surface area (Å²) in [6.07, 6.45) is 2.88. The lowest BCUT2D eigenvalue weighted by atomic mass is 10.2. The van der Waals surface area contributed by atoms with Gasteiger partial charge in [-0.25, -0.2) is 23.1 Å². The Morgan fingerprint density at radius 1 is 0.839 bits per heavy atom. The minimum Gasteiger partial charge on any atom is -0.395 e. The summed E-state index contributed by atoms with van der Waals surface area (Å²) in [5.41, 5.74) is 1.95. The van der Waals surface area contributed by atoms with Gasteiger partial charge in [0, 0.05) is 31.2 Å². The van der Waals surface area contributed by atoms with Gasteiger partial charge in [-0.15, -0.1) is 0 Å². The van der Waals surface area contributed by atoms with Crippen LogP contribution in [0.25, 0.3) is 0 Å². The number of sulfonamides is 1. The van der Waals surface area contributed by atoms with E-state index < -0.39 is 10.0 Å². The van der Waals surface area contributed by atoms with Gasteiger partial charge in [0.2, 0.25) is 5.95 Å². The lowest BCUT2D eigenvalue weighted by molar-refractivity contribution is 0.281. The number of benzene rings is 2. The predicted octanol–water partition coefficient (Wildman–Crippen LogP) is 2.48. The van der Waals surface area contributed by atoms with Crippen LogP contribution in [0.2, 0.25) is 0 Å². The number of hydrogen-bond donors (Lipinski definition) is 3. The van der Waals surface area contributed by atoms with E-state index >= 15 is 0 Å². The number of azo groups is 1. The van der Waals surface area contributed by atoms with Crippen LogP contribution in [0.4, 0.5) is 23.0 Å². The number of rotatable bonds is 10. The maximum atomic E-state index is 12.4. The molecule has 0 bridgehead atoms. The summed E-state index contributed by atoms with van der Waals surface area (Å²) in [4.78, 5) is 9.60. The van der Waals surface area contributed by atoms with E-state index in [1.54, 1.807) is 30.3 Å². The van der Waals surface area contributed by atoms with Crippen LogP contribution in [0.5, 0.6) is 0 Å². The van der Waals surface area contributed by atoms with E-state index in [2.05, 4.69) is 24.9 Å². The van der Waals surface area contributed by atoms with Crippen LogP contribution in [0.1, 0.15) is 0 Å². The van der Waals surface area contributed by atoms with Gasteiger partial charge in [0.15, 0.2) is 0 Å². The van der Waals surface area contributed by atoms with Crippen molar-refractivity contribution in [1.29, 1.82) is 0 Å². The molecular weight excluding hydrogens is 420 g/mol. The maximum absolute atomic E-state index is 12.4. The molecule has 31 heavy (non-hydrogen) atoms. The highest BCUT2D eigenvalue weighted by Gasteiger charge is 2.15. The van der Waals surface area contributed by atoms with Crippen LogP contribution < -0.4 is 9.62 Å². The summed E-state index contributed by atoms with van der Waals surface area (Å²) in [7, 11) is -3.81. The van der Waals surface area contributed by atoms with Crippen LogP contribution in [0.15, 0.2) is 82.1 Å². The highest BCUT2D eigenvalue weighted by Crippen LogP contribution is 2.23. The first-order valence-corrected chi connectivity index (χ1v) is 10.9. The quantitative estimate of drug-likeness (QED) is 0.410. The molecule has 0 radical (unpaired) electrons. The first kappa shape index (κ1) is 22.3. The second kappa shape index (κ2) is 10.6. The normalized spacial score (nSPS) is 11.5. The number of anilines is 2. The van der Waals surface area contributed by atoms with Crippen molar-refractivity contribution in [2.75, 3.05) is 35.9 Å². The molecule has 0 saturated carbocycles. The molecular formula is C20H22N6O4S. The second-order valence-electron chi connectivity index (χ2n) is 6.32. The Labute approximate surface area is 180 Å². The third kappa shape index (κ3) is 6.28. The van der Waals surface area contributed by atoms with E-state index in [1.807, 2.05) is 17.0 Å². The lowest BCUT2D eigenvalue weighted by Crippen LogP contribution is -2.29. The van der Waals surface area contributed by atoms with Gasteiger partial charge in [-0.05, 0) is 54.6 Å². The molecule has 0 fully saturated rings. The molecule has 0 unspecified atom stereocenters. The predicted molar refractivity (Wildman–Crippen MR) is 116 cm³/mol. The lowest BCUT2D eigenvalue weighted by Gasteiger charge is -2.22. The number of hydrogen-bond acceptors (Lipinski definition) is 9. The highest BCUT2D eigenvalue weighted by molar-refractivity contribution is 7.92. The van der Waals surface area contributed by atoms with Crippen LogP contribution >= 0.6 is 0 Å². The number of nitrogens with one attached hydrogen (secondary N) is 1. The zero-order valence-electron chi connectivity index (χ0n) is 16.5. The Bertz CT molecular complexity index is 1080. The summed E-state index contributed by atoms with van der Waals surface area (Å²) in [5.74, 6) is -0.00810. The molecule has 1 heterocycles. The smallest absolute Gasteiger partial charge is 0.264 e. The molecule has 0 saturated heterocycles. The van der Waals surface area contributed by atoms with Crippen molar-refractivity contribution in [2.45, 2.75) is 4.90 Å². The molecule has 162 valence electrons. The molecule has 0 aliphatic heterocycles. The molecule has 3 aromatic rings. The monoisotopic (exact) mass is 442 g/mol. The Balaban J connectivity index is 1.66. The fraction of sp³-hybridized carbons (Fsp3) is 0.200. The zero-order valence-corrected chi connectivity index (χ0v) is 17.4. The number of aromatic nitrogens is 2. The Hall–Kier alpha value is -3.41. The van der Waals surface area contributed by atoms with Crippen molar-refractivity contribution in [3.8, 4) is 0 Å². The Morgan fingerprint density at radius 2 is 1.35 bits per heavy atom. The minimum absolute atomic E-state index is 0.00810. The average Bonchev–Trinajstić information content (AvgIpc) is 2.79. The molecule has 1 aromatic heterocycles. The summed E-state index contributed by atoms with van der Waals surface area (Å²) in [6, 6.07) is 14.7. The molecule has 11 heteroatoms. The van der Waals surface area contributed by atoms with Crippen molar-refractivity contribution in [3.05, 3.63) is 67.0 Å². The molecule has 3 N–H and O–H groups in total. The van der Waals surface area contributed by atoms with Gasteiger partial charge >= 0.3 is 0 Å². The molecule has 0 atom stereocenters. The maximum Gasteiger partial charge on any atom is 0.264 e. The molecule has 10 nitrogen and oxygen atoms in total. The van der Waals surface area contributed by atoms with E-state index in [-0.39, 0.29) is 24.1 Å². The SMILES string of the molecule is O=S(=O)(Nc1ncccn1)c1ccc(N=Nc2ccc(N(CCO)CCO)cc2)cc1. The standard InChI is InChI=1S/C20H22N6O4S/c27-14-12-26(13-15-28)18-6-2-16(3-7-18)23-24-17-4-8-19(9-5-17)31(29,30)25-20-21-10-1-11-22-20/h1-11,27-28H,12-15H2,(H,21,22,25). The third-order valence-corrected chi connectivity index (χ3v) is 5.52. The fourth-order valence-corrected chi connectivity index (χ4v) is 3.64. The van der Waals surface area contributed by atoms with Crippen molar-refractivity contribution in [2.24, 2.45) is 10.2 Å². The van der Waals surface area contributed by atoms with Gasteiger partial charge in [0.1, 0.15) is 0 Å². The second-order valence-corrected chi connectivity index (χ2v) is 8.00. The molecule has 0 spiro atoms. The van der Waals surface area contributed by atoms with Crippen molar-refractivity contribution in [3.63, 3.8) is 0 Å². The van der Waals surface area contributed by atoms with Gasteiger partial charge in [-0.3, -0.25) is 0 Å². The first-order valence-electron chi connectivity index (χ1n) is 9.40.